The van der Waals surface area contributed by atoms with Gasteiger partial charge in [0.2, 0.25) is 0 Å². The van der Waals surface area contributed by atoms with E-state index in [2.05, 4.69) is 5.32 Å². The van der Waals surface area contributed by atoms with Gasteiger partial charge in [-0.15, -0.1) is 0 Å². The summed E-state index contributed by atoms with van der Waals surface area (Å²) in [6, 6.07) is 9.16. The van der Waals surface area contributed by atoms with Crippen LogP contribution in [0.2, 0.25) is 0 Å². The largest absolute Gasteiger partial charge is 0.423 e. The first-order chi connectivity index (χ1) is 12.6. The van der Waals surface area contributed by atoms with Crippen molar-refractivity contribution in [2.45, 2.75) is 20.0 Å². The molecule has 140 valence electrons. The third kappa shape index (κ3) is 4.11. The molecule has 8 heteroatoms. The lowest BCUT2D eigenvalue weighted by Gasteiger charge is -2.11. The molecule has 0 fully saturated rings. The second kappa shape index (κ2) is 6.79. The highest BCUT2D eigenvalue weighted by Gasteiger charge is 2.33. The van der Waals surface area contributed by atoms with Crippen molar-refractivity contribution in [3.05, 3.63) is 69.6 Å². The molecule has 1 aromatic heterocycles. The molecule has 0 aliphatic carbocycles. The summed E-state index contributed by atoms with van der Waals surface area (Å²) >= 11 is 0. The number of carbonyl (C=O) groups excluding carboxylic acids is 1. The van der Waals surface area contributed by atoms with Crippen molar-refractivity contribution in [2.24, 2.45) is 0 Å². The van der Waals surface area contributed by atoms with Crippen LogP contribution in [0.15, 0.2) is 51.7 Å². The molecule has 0 saturated heterocycles. The quantitative estimate of drug-likeness (QED) is 0.636. The predicted octanol–water partition coefficient (Wildman–Crippen LogP) is 5.04. The number of rotatable bonds is 2. The van der Waals surface area contributed by atoms with Crippen LogP contribution in [0.5, 0.6) is 5.75 Å². The predicted molar refractivity (Wildman–Crippen MR) is 93.0 cm³/mol. The van der Waals surface area contributed by atoms with Gasteiger partial charge in [0.25, 0.3) is 0 Å². The topological polar surface area (TPSA) is 68.5 Å². The maximum absolute atomic E-state index is 13.0. The van der Waals surface area contributed by atoms with Crippen LogP contribution < -0.4 is 15.7 Å². The minimum atomic E-state index is -4.70. The number of carbonyl (C=O) groups is 1. The lowest BCUT2D eigenvalue weighted by atomic mass is 10.1. The Labute approximate surface area is 151 Å². The van der Waals surface area contributed by atoms with Crippen LogP contribution in [0.1, 0.15) is 16.7 Å². The average Bonchev–Trinajstić information content (AvgIpc) is 2.55. The normalized spacial score (nSPS) is 11.4. The Hall–Kier alpha value is -3.29. The molecule has 1 N–H and O–H groups in total. The van der Waals surface area contributed by atoms with Gasteiger partial charge in [-0.05, 0) is 37.6 Å². The zero-order valence-electron chi connectivity index (χ0n) is 14.3. The van der Waals surface area contributed by atoms with E-state index in [1.54, 1.807) is 19.1 Å². The van der Waals surface area contributed by atoms with Crippen LogP contribution in [-0.2, 0) is 6.18 Å². The van der Waals surface area contributed by atoms with Crippen LogP contribution in [0.25, 0.3) is 11.0 Å². The third-order valence-electron chi connectivity index (χ3n) is 3.83. The SMILES string of the molecule is Cc1ccc(OC(=O)Nc2ccc3c(C(F)(F)F)cc(=O)oc3c2)c(C)c1. The van der Waals surface area contributed by atoms with Crippen molar-refractivity contribution in [1.82, 2.24) is 0 Å². The lowest BCUT2D eigenvalue weighted by molar-refractivity contribution is -0.136. The van der Waals surface area contributed by atoms with E-state index in [0.29, 0.717) is 11.8 Å². The summed E-state index contributed by atoms with van der Waals surface area (Å²) in [5.41, 5.74) is -0.642. The molecule has 1 heterocycles. The molecule has 1 amide bonds. The zero-order chi connectivity index (χ0) is 19.8. The van der Waals surface area contributed by atoms with E-state index in [9.17, 15) is 22.8 Å². The van der Waals surface area contributed by atoms with Gasteiger partial charge in [-0.3, -0.25) is 5.32 Å². The van der Waals surface area contributed by atoms with E-state index < -0.39 is 23.5 Å². The lowest BCUT2D eigenvalue weighted by Crippen LogP contribution is -2.17. The van der Waals surface area contributed by atoms with Gasteiger partial charge in [0.1, 0.15) is 11.3 Å². The number of ether oxygens (including phenoxy) is 1. The molecule has 0 spiro atoms. The minimum absolute atomic E-state index is 0.125. The van der Waals surface area contributed by atoms with Gasteiger partial charge in [-0.25, -0.2) is 9.59 Å². The van der Waals surface area contributed by atoms with Gasteiger partial charge in [0, 0.05) is 23.2 Å². The molecule has 5 nitrogen and oxygen atoms in total. The van der Waals surface area contributed by atoms with Crippen LogP contribution >= 0.6 is 0 Å². The van der Waals surface area contributed by atoms with Crippen LogP contribution in [0.4, 0.5) is 23.7 Å². The number of nitrogens with one attached hydrogen (secondary N) is 1. The van der Waals surface area contributed by atoms with Crippen molar-refractivity contribution in [3.8, 4) is 5.75 Å². The number of alkyl halides is 3. The summed E-state index contributed by atoms with van der Waals surface area (Å²) in [5.74, 6) is 0.352. The fourth-order valence-electron chi connectivity index (χ4n) is 2.63. The van der Waals surface area contributed by atoms with E-state index in [4.69, 9.17) is 9.15 Å². The van der Waals surface area contributed by atoms with Crippen molar-refractivity contribution < 1.29 is 27.1 Å². The number of hydrogen-bond acceptors (Lipinski definition) is 4. The highest BCUT2D eigenvalue weighted by molar-refractivity contribution is 5.91. The summed E-state index contributed by atoms with van der Waals surface area (Å²) in [6.45, 7) is 3.67. The van der Waals surface area contributed by atoms with Gasteiger partial charge in [0.05, 0.1) is 5.56 Å². The smallest absolute Gasteiger partial charge is 0.417 e. The van der Waals surface area contributed by atoms with Crippen molar-refractivity contribution in [2.75, 3.05) is 5.32 Å². The van der Waals surface area contributed by atoms with Crippen molar-refractivity contribution >= 4 is 22.7 Å². The highest BCUT2D eigenvalue weighted by Crippen LogP contribution is 2.34. The number of aryl methyl sites for hydroxylation is 2. The molecule has 3 rings (SSSR count). The average molecular weight is 377 g/mol. The van der Waals surface area contributed by atoms with Gasteiger partial charge >= 0.3 is 17.9 Å². The highest BCUT2D eigenvalue weighted by atomic mass is 19.4. The molecule has 0 unspecified atom stereocenters. The molecular formula is C19H14F3NO4. The molecular weight excluding hydrogens is 363 g/mol. The Morgan fingerprint density at radius 1 is 1.07 bits per heavy atom. The fourth-order valence-corrected chi connectivity index (χ4v) is 2.63. The van der Waals surface area contributed by atoms with E-state index in [0.717, 1.165) is 23.3 Å². The Morgan fingerprint density at radius 2 is 1.81 bits per heavy atom. The van der Waals surface area contributed by atoms with Crippen LogP contribution in [0, 0.1) is 13.8 Å². The summed E-state index contributed by atoms with van der Waals surface area (Å²) in [7, 11) is 0. The van der Waals surface area contributed by atoms with Gasteiger partial charge in [-0.1, -0.05) is 17.7 Å². The summed E-state index contributed by atoms with van der Waals surface area (Å²) in [4.78, 5) is 23.5. The number of amides is 1. The number of halogens is 3. The molecule has 27 heavy (non-hydrogen) atoms. The Bertz CT molecular complexity index is 1090. The van der Waals surface area contributed by atoms with E-state index in [1.807, 2.05) is 13.0 Å². The number of anilines is 1. The van der Waals surface area contributed by atoms with Crippen molar-refractivity contribution in [1.29, 1.82) is 0 Å². The first-order valence-corrected chi connectivity index (χ1v) is 7.85. The monoisotopic (exact) mass is 377 g/mol. The molecule has 0 atom stereocenters. The second-order valence-electron chi connectivity index (χ2n) is 5.97. The van der Waals surface area contributed by atoms with Gasteiger partial charge in [-0.2, -0.15) is 13.2 Å². The van der Waals surface area contributed by atoms with E-state index >= 15 is 0 Å². The number of benzene rings is 2. The summed E-state index contributed by atoms with van der Waals surface area (Å²) < 4.78 is 49.2. The maximum Gasteiger partial charge on any atom is 0.417 e. The van der Waals surface area contributed by atoms with E-state index in [1.165, 1.54) is 6.07 Å². The Morgan fingerprint density at radius 3 is 2.48 bits per heavy atom. The van der Waals surface area contributed by atoms with Gasteiger partial charge in [0.15, 0.2) is 0 Å². The molecule has 0 saturated carbocycles. The molecule has 0 aliphatic heterocycles. The second-order valence-corrected chi connectivity index (χ2v) is 5.97. The molecule has 2 aromatic carbocycles. The fraction of sp³-hybridized carbons (Fsp3) is 0.158. The van der Waals surface area contributed by atoms with E-state index in [-0.39, 0.29) is 16.7 Å². The maximum atomic E-state index is 13.0. The third-order valence-corrected chi connectivity index (χ3v) is 3.83. The first kappa shape index (κ1) is 18.5. The first-order valence-electron chi connectivity index (χ1n) is 7.85. The summed E-state index contributed by atoms with van der Waals surface area (Å²) in [6.07, 6.45) is -5.53. The molecule has 3 aromatic rings. The Balaban J connectivity index is 1.87. The molecule has 0 radical (unpaired) electrons. The van der Waals surface area contributed by atoms with Crippen molar-refractivity contribution in [3.63, 3.8) is 0 Å². The number of fused-ring (bicyclic) bond motifs is 1. The van der Waals surface area contributed by atoms with Gasteiger partial charge < -0.3 is 9.15 Å². The molecule has 0 bridgehead atoms. The number of hydrogen-bond donors (Lipinski definition) is 1. The standard InChI is InChI=1S/C19H14F3NO4/c1-10-3-6-15(11(2)7-10)27-18(25)23-12-4-5-13-14(19(20,21)22)9-17(24)26-16(13)8-12/h3-9H,1-2H3,(H,23,25). The summed E-state index contributed by atoms with van der Waals surface area (Å²) in [5, 5.41) is 2.12. The zero-order valence-corrected chi connectivity index (χ0v) is 14.3. The van der Waals surface area contributed by atoms with Crippen LogP contribution in [-0.4, -0.2) is 6.09 Å². The minimum Gasteiger partial charge on any atom is -0.423 e. The molecule has 0 aliphatic rings. The Kier molecular flexibility index (Phi) is 4.65. The van der Waals surface area contributed by atoms with Crippen LogP contribution in [0.3, 0.4) is 0 Å².